The van der Waals surface area contributed by atoms with Gasteiger partial charge in [-0.15, -0.1) is 0 Å². The van der Waals surface area contributed by atoms with Crippen molar-refractivity contribution >= 4 is 45.0 Å². The lowest BCUT2D eigenvalue weighted by atomic mass is 10.1. The number of carbonyl (C=O) groups is 1. The second-order valence-electron chi connectivity index (χ2n) is 7.38. The first-order valence-corrected chi connectivity index (χ1v) is 11.0. The van der Waals surface area contributed by atoms with E-state index in [0.717, 1.165) is 15.7 Å². The molecule has 32 heavy (non-hydrogen) atoms. The average Bonchev–Trinajstić information content (AvgIpc) is 2.77. The maximum Gasteiger partial charge on any atom is 0.241 e. The molecular formula is C23H27BrN6O2. The van der Waals surface area contributed by atoms with Crippen LogP contribution >= 0.6 is 15.9 Å². The molecule has 1 heterocycles. The molecule has 3 rings (SSSR count). The van der Waals surface area contributed by atoms with Crippen LogP contribution in [0.2, 0.25) is 0 Å². The van der Waals surface area contributed by atoms with Gasteiger partial charge in [0.25, 0.3) is 0 Å². The Morgan fingerprint density at radius 1 is 1.16 bits per heavy atom. The number of amides is 1. The zero-order chi connectivity index (χ0) is 22.9. The van der Waals surface area contributed by atoms with Gasteiger partial charge in [0, 0.05) is 30.7 Å². The number of hydrogen-bond donors (Lipinski definition) is 4. The van der Waals surface area contributed by atoms with Crippen LogP contribution in [0.1, 0.15) is 12.5 Å². The summed E-state index contributed by atoms with van der Waals surface area (Å²) in [6, 6.07) is 16.4. The van der Waals surface area contributed by atoms with E-state index in [9.17, 15) is 4.79 Å². The minimum absolute atomic E-state index is 0.0812. The number of nitrogens with one attached hydrogen (secondary N) is 3. The molecular weight excluding hydrogens is 472 g/mol. The van der Waals surface area contributed by atoms with Gasteiger partial charge in [0.15, 0.2) is 0 Å². The Balaban J connectivity index is 1.64. The Kier molecular flexibility index (Phi) is 8.55. The number of methoxy groups -OCH3 is 1. The van der Waals surface area contributed by atoms with Crippen molar-refractivity contribution in [3.05, 3.63) is 70.8 Å². The number of rotatable bonds is 10. The van der Waals surface area contributed by atoms with E-state index in [1.54, 1.807) is 25.4 Å². The third kappa shape index (κ3) is 7.01. The molecule has 0 aliphatic carbocycles. The third-order valence-corrected chi connectivity index (χ3v) is 5.15. The number of anilines is 4. The fraction of sp³-hybridized carbons (Fsp3) is 0.261. The fourth-order valence-electron chi connectivity index (χ4n) is 3.05. The lowest BCUT2D eigenvalue weighted by Gasteiger charge is -2.16. The molecule has 8 nitrogen and oxygen atoms in total. The molecule has 0 saturated carbocycles. The molecule has 0 bridgehead atoms. The van der Waals surface area contributed by atoms with Crippen molar-refractivity contribution in [1.29, 1.82) is 0 Å². The van der Waals surface area contributed by atoms with E-state index >= 15 is 0 Å². The highest BCUT2D eigenvalue weighted by molar-refractivity contribution is 9.10. The summed E-state index contributed by atoms with van der Waals surface area (Å²) in [6.45, 7) is 2.55. The van der Waals surface area contributed by atoms with Gasteiger partial charge >= 0.3 is 0 Å². The van der Waals surface area contributed by atoms with E-state index in [1.165, 1.54) is 0 Å². The van der Waals surface area contributed by atoms with Gasteiger partial charge < -0.3 is 26.4 Å². The van der Waals surface area contributed by atoms with Crippen LogP contribution in [0.3, 0.4) is 0 Å². The van der Waals surface area contributed by atoms with Crippen molar-refractivity contribution in [2.45, 2.75) is 25.4 Å². The molecule has 0 spiro atoms. The van der Waals surface area contributed by atoms with Crippen LogP contribution in [0.25, 0.3) is 0 Å². The second-order valence-corrected chi connectivity index (χ2v) is 8.24. The Hall–Kier alpha value is -3.01. The first-order chi connectivity index (χ1) is 15.4. The number of nitrogens with zero attached hydrogens (tertiary/aromatic N) is 2. The maximum absolute atomic E-state index is 12.5. The molecule has 0 aliphatic heterocycles. The lowest BCUT2D eigenvalue weighted by Crippen LogP contribution is -2.37. The van der Waals surface area contributed by atoms with Crippen LogP contribution in [0.5, 0.6) is 0 Å². The Bertz CT molecular complexity index is 1030. The van der Waals surface area contributed by atoms with E-state index in [-0.39, 0.29) is 11.9 Å². The largest absolute Gasteiger partial charge is 0.383 e. The summed E-state index contributed by atoms with van der Waals surface area (Å²) >= 11 is 3.46. The van der Waals surface area contributed by atoms with E-state index < -0.39 is 6.04 Å². The van der Waals surface area contributed by atoms with Gasteiger partial charge in [-0.05, 0) is 53.0 Å². The Morgan fingerprint density at radius 3 is 2.66 bits per heavy atom. The van der Waals surface area contributed by atoms with Crippen LogP contribution < -0.4 is 21.7 Å². The molecule has 0 radical (unpaired) electrons. The zero-order valence-corrected chi connectivity index (χ0v) is 19.6. The van der Waals surface area contributed by atoms with Crippen LogP contribution in [-0.4, -0.2) is 41.7 Å². The predicted molar refractivity (Wildman–Crippen MR) is 131 cm³/mol. The van der Waals surface area contributed by atoms with Gasteiger partial charge in [-0.3, -0.25) is 4.79 Å². The summed E-state index contributed by atoms with van der Waals surface area (Å²) in [4.78, 5) is 21.3. The summed E-state index contributed by atoms with van der Waals surface area (Å²) in [5.74, 6) is 0.831. The van der Waals surface area contributed by atoms with Crippen LogP contribution in [0, 0.1) is 0 Å². The topological polar surface area (TPSA) is 114 Å². The standard InChI is InChI=1S/C23H27BrN6O2/c1-15(14-32-2)27-21-19(24)13-26-23(30-21)29-18-10-6-9-17(12-18)28-22(31)20(25)11-16-7-4-3-5-8-16/h3-10,12-13,15,20H,11,14,25H2,1-2H3,(H,28,31)(H2,26,27,29,30). The highest BCUT2D eigenvalue weighted by Gasteiger charge is 2.15. The summed E-state index contributed by atoms with van der Waals surface area (Å²) in [5.41, 5.74) is 8.46. The SMILES string of the molecule is COCC(C)Nc1nc(Nc2cccc(NC(=O)C(N)Cc3ccccc3)c2)ncc1Br. The lowest BCUT2D eigenvalue weighted by molar-refractivity contribution is -0.117. The molecule has 0 fully saturated rings. The van der Waals surface area contributed by atoms with E-state index in [1.807, 2.05) is 49.4 Å². The highest BCUT2D eigenvalue weighted by Crippen LogP contribution is 2.24. The number of ether oxygens (including phenoxy) is 1. The number of benzene rings is 2. The van der Waals surface area contributed by atoms with Crippen molar-refractivity contribution in [2.75, 3.05) is 29.7 Å². The van der Waals surface area contributed by atoms with E-state index in [4.69, 9.17) is 10.5 Å². The van der Waals surface area contributed by atoms with Crippen molar-refractivity contribution in [3.8, 4) is 0 Å². The van der Waals surface area contributed by atoms with Gasteiger partial charge in [0.1, 0.15) is 5.82 Å². The highest BCUT2D eigenvalue weighted by atomic mass is 79.9. The fourth-order valence-corrected chi connectivity index (χ4v) is 3.36. The van der Waals surface area contributed by atoms with Crippen LogP contribution in [0.15, 0.2) is 65.3 Å². The molecule has 9 heteroatoms. The Labute approximate surface area is 196 Å². The molecule has 0 saturated heterocycles. The first kappa shape index (κ1) is 23.6. The van der Waals surface area contributed by atoms with Gasteiger partial charge in [-0.1, -0.05) is 36.4 Å². The summed E-state index contributed by atoms with van der Waals surface area (Å²) in [5, 5.41) is 9.31. The van der Waals surface area contributed by atoms with Gasteiger partial charge in [-0.2, -0.15) is 4.98 Å². The number of aromatic nitrogens is 2. The van der Waals surface area contributed by atoms with Gasteiger partial charge in [0.05, 0.1) is 17.1 Å². The average molecular weight is 499 g/mol. The van der Waals surface area contributed by atoms with Gasteiger partial charge in [0.2, 0.25) is 11.9 Å². The normalized spacial score (nSPS) is 12.6. The van der Waals surface area contributed by atoms with Crippen molar-refractivity contribution in [2.24, 2.45) is 5.73 Å². The maximum atomic E-state index is 12.5. The summed E-state index contributed by atoms with van der Waals surface area (Å²) in [6.07, 6.45) is 2.14. The van der Waals surface area contributed by atoms with Crippen LogP contribution in [0.4, 0.5) is 23.1 Å². The Morgan fingerprint density at radius 2 is 1.91 bits per heavy atom. The second kappa shape index (κ2) is 11.6. The molecule has 0 aliphatic rings. The minimum atomic E-state index is -0.647. The van der Waals surface area contributed by atoms with Crippen molar-refractivity contribution in [1.82, 2.24) is 9.97 Å². The van der Waals surface area contributed by atoms with E-state index in [0.29, 0.717) is 30.5 Å². The quantitative estimate of drug-likeness (QED) is 0.334. The molecule has 1 amide bonds. The smallest absolute Gasteiger partial charge is 0.241 e. The number of hydrogen-bond acceptors (Lipinski definition) is 7. The van der Waals surface area contributed by atoms with Crippen molar-refractivity contribution < 1.29 is 9.53 Å². The zero-order valence-electron chi connectivity index (χ0n) is 18.0. The molecule has 2 atom stereocenters. The predicted octanol–water partition coefficient (Wildman–Crippen LogP) is 3.94. The minimum Gasteiger partial charge on any atom is -0.383 e. The van der Waals surface area contributed by atoms with Crippen LogP contribution in [-0.2, 0) is 16.0 Å². The molecule has 5 N–H and O–H groups in total. The molecule has 168 valence electrons. The molecule has 2 unspecified atom stereocenters. The monoisotopic (exact) mass is 498 g/mol. The van der Waals surface area contributed by atoms with E-state index in [2.05, 4.69) is 41.8 Å². The first-order valence-electron chi connectivity index (χ1n) is 10.2. The molecule has 3 aromatic rings. The van der Waals surface area contributed by atoms with Gasteiger partial charge in [-0.25, -0.2) is 4.98 Å². The molecule has 1 aromatic heterocycles. The summed E-state index contributed by atoms with van der Waals surface area (Å²) in [7, 11) is 1.65. The number of halogens is 1. The number of nitrogens with two attached hydrogens (primary N) is 1. The number of carbonyl (C=O) groups excluding carboxylic acids is 1. The molecule has 2 aromatic carbocycles. The summed E-state index contributed by atoms with van der Waals surface area (Å²) < 4.78 is 5.91. The third-order valence-electron chi connectivity index (χ3n) is 4.57. The van der Waals surface area contributed by atoms with Crippen molar-refractivity contribution in [3.63, 3.8) is 0 Å².